The van der Waals surface area contributed by atoms with Crippen molar-refractivity contribution in [2.75, 3.05) is 16.5 Å². The standard InChI is InChI=1S/C56H64N4O/c1-36-37(2)59(35-58(36)44-28-39(27-42(29-44)55(9,10)11)38-19-21-40(22-20-38)53(3,4)5)45-30-43(56(12,13)14)31-47(33-45)61-46-23-24-49-48-17-15-16-18-50(48)60(51(49)34-46)52-32-41(25-26-57-52)54(6,7)8/h15-34H,35H2,1-14H3. The molecule has 5 aromatic carbocycles. The third-order valence-corrected chi connectivity index (χ3v) is 12.6. The summed E-state index contributed by atoms with van der Waals surface area (Å²) in [5, 5.41) is 2.36. The molecule has 61 heavy (non-hydrogen) atoms. The van der Waals surface area contributed by atoms with E-state index in [0.717, 1.165) is 34.0 Å². The molecule has 0 saturated heterocycles. The maximum atomic E-state index is 6.92. The first kappa shape index (κ1) is 41.9. The molecule has 0 unspecified atom stereocenters. The van der Waals surface area contributed by atoms with Crippen molar-refractivity contribution in [2.45, 2.75) is 119 Å². The predicted octanol–water partition coefficient (Wildman–Crippen LogP) is 15.4. The lowest BCUT2D eigenvalue weighted by Gasteiger charge is -2.29. The van der Waals surface area contributed by atoms with Gasteiger partial charge < -0.3 is 14.5 Å². The minimum absolute atomic E-state index is 0.00270. The maximum Gasteiger partial charge on any atom is 0.137 e. The minimum Gasteiger partial charge on any atom is -0.457 e. The molecule has 8 rings (SSSR count). The number of pyridine rings is 1. The number of nitrogens with zero attached hydrogens (tertiary/aromatic N) is 4. The van der Waals surface area contributed by atoms with Crippen LogP contribution < -0.4 is 14.5 Å². The molecule has 314 valence electrons. The molecular formula is C56H64N4O. The summed E-state index contributed by atoms with van der Waals surface area (Å²) in [6.07, 6.45) is 1.93. The smallest absolute Gasteiger partial charge is 0.137 e. The first-order valence-electron chi connectivity index (χ1n) is 21.9. The van der Waals surface area contributed by atoms with Gasteiger partial charge in [0.05, 0.1) is 17.7 Å². The third kappa shape index (κ3) is 8.20. The van der Waals surface area contributed by atoms with Crippen LogP contribution in [0, 0.1) is 0 Å². The van der Waals surface area contributed by atoms with Crippen molar-refractivity contribution in [1.29, 1.82) is 0 Å². The molecule has 0 atom stereocenters. The van der Waals surface area contributed by atoms with Crippen molar-refractivity contribution in [3.8, 4) is 28.4 Å². The van der Waals surface area contributed by atoms with E-state index in [0.29, 0.717) is 6.67 Å². The molecule has 5 nitrogen and oxygen atoms in total. The molecule has 0 spiro atoms. The second kappa shape index (κ2) is 15.0. The van der Waals surface area contributed by atoms with Gasteiger partial charge in [0.25, 0.3) is 0 Å². The van der Waals surface area contributed by atoms with Gasteiger partial charge in [-0.15, -0.1) is 0 Å². The molecule has 1 aliphatic heterocycles. The summed E-state index contributed by atoms with van der Waals surface area (Å²) in [4.78, 5) is 9.81. The van der Waals surface area contributed by atoms with Gasteiger partial charge >= 0.3 is 0 Å². The van der Waals surface area contributed by atoms with Crippen LogP contribution in [0.15, 0.2) is 133 Å². The fraction of sp³-hybridized carbons (Fsp3) is 0.339. The van der Waals surface area contributed by atoms with Gasteiger partial charge in [0.15, 0.2) is 0 Å². The van der Waals surface area contributed by atoms with Gasteiger partial charge in [-0.2, -0.15) is 0 Å². The Morgan fingerprint density at radius 3 is 1.66 bits per heavy atom. The van der Waals surface area contributed by atoms with E-state index in [-0.39, 0.29) is 21.7 Å². The molecular weight excluding hydrogens is 745 g/mol. The molecule has 0 aliphatic carbocycles. The van der Waals surface area contributed by atoms with E-state index in [4.69, 9.17) is 9.72 Å². The molecule has 2 aromatic heterocycles. The molecule has 7 aromatic rings. The molecule has 5 heteroatoms. The number of hydrogen-bond acceptors (Lipinski definition) is 4. The van der Waals surface area contributed by atoms with Crippen LogP contribution in [0.5, 0.6) is 11.5 Å². The molecule has 0 saturated carbocycles. The van der Waals surface area contributed by atoms with Crippen LogP contribution in [0.25, 0.3) is 38.8 Å². The molecule has 0 bridgehead atoms. The first-order valence-corrected chi connectivity index (χ1v) is 21.9. The van der Waals surface area contributed by atoms with Gasteiger partial charge in [-0.25, -0.2) is 4.98 Å². The minimum atomic E-state index is -0.0984. The molecule has 3 heterocycles. The van der Waals surface area contributed by atoms with Gasteiger partial charge in [0.1, 0.15) is 17.3 Å². The van der Waals surface area contributed by atoms with Gasteiger partial charge in [0, 0.05) is 51.9 Å². The molecule has 0 amide bonds. The highest BCUT2D eigenvalue weighted by atomic mass is 16.5. The first-order chi connectivity index (χ1) is 28.6. The molecule has 0 N–H and O–H groups in total. The fourth-order valence-corrected chi connectivity index (χ4v) is 8.46. The summed E-state index contributed by atoms with van der Waals surface area (Å²) in [6, 6.07) is 42.4. The fourth-order valence-electron chi connectivity index (χ4n) is 8.46. The van der Waals surface area contributed by atoms with Crippen molar-refractivity contribution in [1.82, 2.24) is 9.55 Å². The van der Waals surface area contributed by atoms with Gasteiger partial charge in [-0.3, -0.25) is 4.57 Å². The lowest BCUT2D eigenvalue weighted by molar-refractivity contribution is 0.479. The van der Waals surface area contributed by atoms with Crippen LogP contribution in [0.2, 0.25) is 0 Å². The summed E-state index contributed by atoms with van der Waals surface area (Å²) >= 11 is 0. The summed E-state index contributed by atoms with van der Waals surface area (Å²) in [6.45, 7) is 32.5. The van der Waals surface area contributed by atoms with Crippen LogP contribution in [-0.2, 0) is 21.7 Å². The van der Waals surface area contributed by atoms with Crippen molar-refractivity contribution in [3.63, 3.8) is 0 Å². The Labute approximate surface area is 364 Å². The van der Waals surface area contributed by atoms with E-state index in [2.05, 4.69) is 227 Å². The Kier molecular flexibility index (Phi) is 10.3. The Morgan fingerprint density at radius 1 is 0.459 bits per heavy atom. The van der Waals surface area contributed by atoms with E-state index >= 15 is 0 Å². The largest absolute Gasteiger partial charge is 0.457 e. The Hall–Kier alpha value is -5.81. The average Bonchev–Trinajstić information content (AvgIpc) is 3.69. The normalized spacial score (nSPS) is 14.2. The van der Waals surface area contributed by atoms with Crippen molar-refractivity contribution in [2.24, 2.45) is 0 Å². The third-order valence-electron chi connectivity index (χ3n) is 12.6. The summed E-state index contributed by atoms with van der Waals surface area (Å²) in [7, 11) is 0. The van der Waals surface area contributed by atoms with E-state index in [1.807, 2.05) is 6.20 Å². The highest BCUT2D eigenvalue weighted by molar-refractivity contribution is 6.09. The topological polar surface area (TPSA) is 33.5 Å². The predicted molar refractivity (Wildman–Crippen MR) is 260 cm³/mol. The summed E-state index contributed by atoms with van der Waals surface area (Å²) < 4.78 is 9.20. The van der Waals surface area contributed by atoms with E-state index in [1.165, 1.54) is 61.2 Å². The SMILES string of the molecule is CC1=C(C)N(c2cc(-c3ccc(C(C)(C)C)cc3)cc(C(C)(C)C)c2)CN1c1cc(Oc2ccc3c4ccccc4n(-c4cc(C(C)(C)C)ccn4)c3c2)cc(C(C)(C)C)c1. The Bertz CT molecular complexity index is 2810. The number of rotatable bonds is 6. The van der Waals surface area contributed by atoms with Crippen molar-refractivity contribution in [3.05, 3.63) is 155 Å². The highest BCUT2D eigenvalue weighted by Crippen LogP contribution is 2.42. The van der Waals surface area contributed by atoms with E-state index < -0.39 is 0 Å². The monoisotopic (exact) mass is 809 g/mol. The van der Waals surface area contributed by atoms with Gasteiger partial charge in [-0.05, 0) is 123 Å². The van der Waals surface area contributed by atoms with E-state index in [1.54, 1.807) is 0 Å². The lowest BCUT2D eigenvalue weighted by Crippen LogP contribution is -2.28. The number of hydrogen-bond donors (Lipinski definition) is 0. The van der Waals surface area contributed by atoms with Crippen LogP contribution in [0.3, 0.4) is 0 Å². The zero-order chi connectivity index (χ0) is 43.8. The number of benzene rings is 5. The Morgan fingerprint density at radius 2 is 1.03 bits per heavy atom. The quantitative estimate of drug-likeness (QED) is 0.168. The summed E-state index contributed by atoms with van der Waals surface area (Å²) in [5.41, 5.74) is 14.6. The Balaban J connectivity index is 1.17. The van der Waals surface area contributed by atoms with Crippen molar-refractivity contribution < 1.29 is 4.74 Å². The average molecular weight is 809 g/mol. The molecule has 0 fully saturated rings. The van der Waals surface area contributed by atoms with Crippen LogP contribution in [0.1, 0.15) is 119 Å². The molecule has 0 radical (unpaired) electrons. The number of aromatic nitrogens is 2. The second-order valence-electron chi connectivity index (χ2n) is 21.3. The van der Waals surface area contributed by atoms with Crippen LogP contribution in [-0.4, -0.2) is 16.2 Å². The highest BCUT2D eigenvalue weighted by Gasteiger charge is 2.29. The number of allylic oxidation sites excluding steroid dienone is 2. The zero-order valence-corrected chi connectivity index (χ0v) is 39.0. The maximum absolute atomic E-state index is 6.92. The zero-order valence-electron chi connectivity index (χ0n) is 39.0. The molecule has 1 aliphatic rings. The van der Waals surface area contributed by atoms with Crippen LogP contribution >= 0.6 is 0 Å². The van der Waals surface area contributed by atoms with Gasteiger partial charge in [-0.1, -0.05) is 132 Å². The number of anilines is 2. The van der Waals surface area contributed by atoms with E-state index in [9.17, 15) is 0 Å². The number of fused-ring (bicyclic) bond motifs is 3. The van der Waals surface area contributed by atoms with Crippen molar-refractivity contribution >= 4 is 33.2 Å². The number of para-hydroxylation sites is 1. The van der Waals surface area contributed by atoms with Crippen LogP contribution in [0.4, 0.5) is 11.4 Å². The lowest BCUT2D eigenvalue weighted by atomic mass is 9.83. The number of ether oxygens (including phenoxy) is 1. The summed E-state index contributed by atoms with van der Waals surface area (Å²) in [5.74, 6) is 2.51. The second-order valence-corrected chi connectivity index (χ2v) is 21.3. The van der Waals surface area contributed by atoms with Gasteiger partial charge in [0.2, 0.25) is 0 Å².